The van der Waals surface area contributed by atoms with Crippen molar-refractivity contribution in [2.75, 3.05) is 13.2 Å². The number of amides is 1. The van der Waals surface area contributed by atoms with Gasteiger partial charge < -0.3 is 9.64 Å². The molecule has 0 aliphatic rings. The maximum Gasteiger partial charge on any atom is 0.226 e. The first-order chi connectivity index (χ1) is 12.5. The van der Waals surface area contributed by atoms with Crippen LogP contribution in [0.25, 0.3) is 0 Å². The van der Waals surface area contributed by atoms with Crippen LogP contribution in [-0.4, -0.2) is 24.0 Å². The molecule has 0 unspecified atom stereocenters. The van der Waals surface area contributed by atoms with Gasteiger partial charge >= 0.3 is 0 Å². The van der Waals surface area contributed by atoms with Gasteiger partial charge in [-0.25, -0.2) is 0 Å². The van der Waals surface area contributed by atoms with Crippen LogP contribution in [0.1, 0.15) is 28.7 Å². The highest BCUT2D eigenvalue weighted by atomic mass is 16.5. The maximum atomic E-state index is 12.5. The topological polar surface area (TPSA) is 53.3 Å². The van der Waals surface area contributed by atoms with E-state index in [1.807, 2.05) is 44.2 Å². The molecule has 2 aromatic carbocycles. The number of nitriles is 1. The van der Waals surface area contributed by atoms with Crippen LogP contribution >= 0.6 is 0 Å². The summed E-state index contributed by atoms with van der Waals surface area (Å²) >= 11 is 0. The van der Waals surface area contributed by atoms with Crippen molar-refractivity contribution in [1.29, 1.82) is 5.26 Å². The second-order valence-corrected chi connectivity index (χ2v) is 6.17. The number of hydrogen-bond acceptors (Lipinski definition) is 3. The van der Waals surface area contributed by atoms with Crippen LogP contribution in [0.5, 0.6) is 5.75 Å². The normalized spacial score (nSPS) is 10.0. The molecule has 0 atom stereocenters. The Bertz CT molecular complexity index is 804. The molecule has 1 amide bonds. The summed E-state index contributed by atoms with van der Waals surface area (Å²) in [6, 6.07) is 15.3. The highest BCUT2D eigenvalue weighted by Gasteiger charge is 2.13. The molecule has 2 rings (SSSR count). The lowest BCUT2D eigenvalue weighted by Gasteiger charge is -2.21. The van der Waals surface area contributed by atoms with Crippen molar-refractivity contribution < 1.29 is 9.53 Å². The van der Waals surface area contributed by atoms with Crippen molar-refractivity contribution >= 4 is 5.91 Å². The Balaban J connectivity index is 1.93. The fourth-order valence-corrected chi connectivity index (χ4v) is 2.60. The molecular weight excluding hydrogens is 324 g/mol. The van der Waals surface area contributed by atoms with Gasteiger partial charge in [0.2, 0.25) is 5.91 Å². The van der Waals surface area contributed by atoms with Crippen molar-refractivity contribution in [3.8, 4) is 11.8 Å². The summed E-state index contributed by atoms with van der Waals surface area (Å²) in [5.41, 5.74) is 3.86. The van der Waals surface area contributed by atoms with Crippen molar-refractivity contribution in [3.63, 3.8) is 0 Å². The van der Waals surface area contributed by atoms with E-state index in [0.717, 1.165) is 16.9 Å². The number of carbonyl (C=O) groups is 1. The van der Waals surface area contributed by atoms with E-state index in [9.17, 15) is 4.79 Å². The lowest BCUT2D eigenvalue weighted by atomic mass is 10.1. The molecule has 0 spiro atoms. The number of nitrogens with zero attached hydrogens (tertiary/aromatic N) is 2. The Hall–Kier alpha value is -3.06. The third-order valence-corrected chi connectivity index (χ3v) is 4.29. The molecule has 0 aliphatic heterocycles. The first-order valence-electron chi connectivity index (χ1n) is 8.62. The number of ether oxygens (including phenoxy) is 1. The van der Waals surface area contributed by atoms with Crippen molar-refractivity contribution in [3.05, 3.63) is 77.4 Å². The standard InChI is InChI=1S/C22H24N2O2/c1-4-13-24(16-20-10-8-19(15-23)9-11-20)22(25)12-14-26-21-7-5-6-17(2)18(21)3/h4-11H,1,12-14,16H2,2-3H3. The highest BCUT2D eigenvalue weighted by Crippen LogP contribution is 2.20. The van der Waals surface area contributed by atoms with Gasteiger partial charge in [0.05, 0.1) is 24.7 Å². The van der Waals surface area contributed by atoms with Gasteiger partial charge in [0, 0.05) is 13.1 Å². The van der Waals surface area contributed by atoms with Gasteiger partial charge in [0.1, 0.15) is 5.75 Å². The van der Waals surface area contributed by atoms with E-state index < -0.39 is 0 Å². The molecule has 0 aromatic heterocycles. The minimum absolute atomic E-state index is 0.0135. The fraction of sp³-hybridized carbons (Fsp3) is 0.273. The smallest absolute Gasteiger partial charge is 0.226 e. The van der Waals surface area contributed by atoms with Crippen LogP contribution in [0.2, 0.25) is 0 Å². The second kappa shape index (κ2) is 9.43. The maximum absolute atomic E-state index is 12.5. The quantitative estimate of drug-likeness (QED) is 0.673. The van der Waals surface area contributed by atoms with Crippen LogP contribution in [0.3, 0.4) is 0 Å². The summed E-state index contributed by atoms with van der Waals surface area (Å²) in [6.07, 6.45) is 2.02. The summed E-state index contributed by atoms with van der Waals surface area (Å²) in [5, 5.41) is 8.87. The first-order valence-corrected chi connectivity index (χ1v) is 8.62. The van der Waals surface area contributed by atoms with Gasteiger partial charge in [-0.1, -0.05) is 30.3 Å². The van der Waals surface area contributed by atoms with Gasteiger partial charge in [-0.05, 0) is 48.7 Å². The average molecular weight is 348 g/mol. The molecule has 0 saturated heterocycles. The molecular formula is C22H24N2O2. The zero-order valence-electron chi connectivity index (χ0n) is 15.4. The third kappa shape index (κ3) is 5.22. The molecule has 0 heterocycles. The van der Waals surface area contributed by atoms with E-state index >= 15 is 0 Å². The second-order valence-electron chi connectivity index (χ2n) is 6.17. The van der Waals surface area contributed by atoms with Crippen LogP contribution in [0.15, 0.2) is 55.1 Å². The molecule has 26 heavy (non-hydrogen) atoms. The lowest BCUT2D eigenvalue weighted by Crippen LogP contribution is -2.31. The fourth-order valence-electron chi connectivity index (χ4n) is 2.60. The summed E-state index contributed by atoms with van der Waals surface area (Å²) in [7, 11) is 0. The van der Waals surface area contributed by atoms with Crippen LogP contribution in [-0.2, 0) is 11.3 Å². The minimum atomic E-state index is 0.0135. The Labute approximate surface area is 155 Å². The zero-order chi connectivity index (χ0) is 18.9. The molecule has 4 heteroatoms. The van der Waals surface area contributed by atoms with E-state index in [0.29, 0.717) is 31.7 Å². The SMILES string of the molecule is C=CCN(Cc1ccc(C#N)cc1)C(=O)CCOc1cccc(C)c1C. The van der Waals surface area contributed by atoms with E-state index in [1.165, 1.54) is 5.56 Å². The summed E-state index contributed by atoms with van der Waals surface area (Å²) in [6.45, 7) is 9.08. The van der Waals surface area contributed by atoms with Gasteiger partial charge in [0.15, 0.2) is 0 Å². The first kappa shape index (κ1) is 19.3. The highest BCUT2D eigenvalue weighted by molar-refractivity contribution is 5.76. The third-order valence-electron chi connectivity index (χ3n) is 4.29. The Morgan fingerprint density at radius 2 is 1.96 bits per heavy atom. The van der Waals surface area contributed by atoms with Crippen molar-refractivity contribution in [2.24, 2.45) is 0 Å². The van der Waals surface area contributed by atoms with Crippen molar-refractivity contribution in [1.82, 2.24) is 4.90 Å². The van der Waals surface area contributed by atoms with E-state index in [4.69, 9.17) is 10.00 Å². The number of rotatable bonds is 8. The molecule has 0 radical (unpaired) electrons. The summed E-state index contributed by atoms with van der Waals surface area (Å²) in [5.74, 6) is 0.833. The average Bonchev–Trinajstić information content (AvgIpc) is 2.65. The van der Waals surface area contributed by atoms with Gasteiger partial charge in [0.25, 0.3) is 0 Å². The number of benzene rings is 2. The van der Waals surface area contributed by atoms with Gasteiger partial charge in [-0.15, -0.1) is 6.58 Å². The molecule has 134 valence electrons. The Kier molecular flexibility index (Phi) is 6.99. The Morgan fingerprint density at radius 1 is 1.23 bits per heavy atom. The zero-order valence-corrected chi connectivity index (χ0v) is 15.4. The monoisotopic (exact) mass is 348 g/mol. The van der Waals surface area contributed by atoms with E-state index in [2.05, 4.69) is 12.6 Å². The van der Waals surface area contributed by atoms with Gasteiger partial charge in [-0.2, -0.15) is 5.26 Å². The van der Waals surface area contributed by atoms with Crippen molar-refractivity contribution in [2.45, 2.75) is 26.8 Å². The lowest BCUT2D eigenvalue weighted by molar-refractivity contribution is -0.131. The predicted molar refractivity (Wildman–Crippen MR) is 103 cm³/mol. The largest absolute Gasteiger partial charge is 0.493 e. The summed E-state index contributed by atoms with van der Waals surface area (Å²) < 4.78 is 5.79. The molecule has 0 saturated carbocycles. The molecule has 0 aliphatic carbocycles. The number of hydrogen-bond donors (Lipinski definition) is 0. The molecule has 0 bridgehead atoms. The number of aryl methyl sites for hydroxylation is 1. The molecule has 0 N–H and O–H groups in total. The number of carbonyl (C=O) groups excluding carboxylic acids is 1. The predicted octanol–water partition coefficient (Wildman–Crippen LogP) is 4.16. The molecule has 2 aromatic rings. The summed E-state index contributed by atoms with van der Waals surface area (Å²) in [4.78, 5) is 14.3. The minimum Gasteiger partial charge on any atom is -0.493 e. The molecule has 4 nitrogen and oxygen atoms in total. The van der Waals surface area contributed by atoms with Crippen LogP contribution in [0.4, 0.5) is 0 Å². The van der Waals surface area contributed by atoms with Crippen LogP contribution in [0, 0.1) is 25.2 Å². The van der Waals surface area contributed by atoms with E-state index in [-0.39, 0.29) is 5.91 Å². The molecule has 0 fully saturated rings. The van der Waals surface area contributed by atoms with Gasteiger partial charge in [-0.3, -0.25) is 4.79 Å². The van der Waals surface area contributed by atoms with E-state index in [1.54, 1.807) is 23.1 Å². The Morgan fingerprint density at radius 3 is 2.62 bits per heavy atom. The van der Waals surface area contributed by atoms with Crippen LogP contribution < -0.4 is 4.74 Å².